The Hall–Kier alpha value is -2.43. The molecular formula is C14H15N3O2. The predicted octanol–water partition coefficient (Wildman–Crippen LogP) is 1.76. The van der Waals surface area contributed by atoms with Crippen molar-refractivity contribution in [3.63, 3.8) is 0 Å². The molecule has 5 heteroatoms. The van der Waals surface area contributed by atoms with E-state index in [-0.39, 0.29) is 5.91 Å². The third-order valence-corrected chi connectivity index (χ3v) is 2.68. The molecule has 0 aliphatic heterocycles. The minimum atomic E-state index is -0.157. The highest BCUT2D eigenvalue weighted by Gasteiger charge is 2.13. The van der Waals surface area contributed by atoms with Crippen LogP contribution in [0.25, 0.3) is 0 Å². The van der Waals surface area contributed by atoms with Crippen molar-refractivity contribution < 1.29 is 9.53 Å². The highest BCUT2D eigenvalue weighted by atomic mass is 16.5. The monoisotopic (exact) mass is 257 g/mol. The van der Waals surface area contributed by atoms with Crippen molar-refractivity contribution in [2.45, 2.75) is 6.54 Å². The van der Waals surface area contributed by atoms with Crippen LogP contribution in [0.15, 0.2) is 42.9 Å². The van der Waals surface area contributed by atoms with Crippen molar-refractivity contribution in [3.8, 4) is 5.75 Å². The third kappa shape index (κ3) is 3.28. The summed E-state index contributed by atoms with van der Waals surface area (Å²) < 4.78 is 5.16. The van der Waals surface area contributed by atoms with E-state index in [1.807, 2.05) is 24.3 Å². The second-order valence-corrected chi connectivity index (χ2v) is 4.10. The Balaban J connectivity index is 2.08. The first kappa shape index (κ1) is 13.0. The van der Waals surface area contributed by atoms with Crippen molar-refractivity contribution in [1.29, 1.82) is 0 Å². The maximum absolute atomic E-state index is 12.1. The maximum atomic E-state index is 12.1. The number of benzene rings is 1. The Bertz CT molecular complexity index is 558. The number of carbonyl (C=O) groups excluding carboxylic acids is 1. The Labute approximate surface area is 111 Å². The summed E-state index contributed by atoms with van der Waals surface area (Å²) in [6.07, 6.45) is 4.51. The number of rotatable bonds is 4. The summed E-state index contributed by atoms with van der Waals surface area (Å²) in [7, 11) is 3.35. The third-order valence-electron chi connectivity index (χ3n) is 2.68. The van der Waals surface area contributed by atoms with Gasteiger partial charge in [-0.05, 0) is 17.7 Å². The van der Waals surface area contributed by atoms with Crippen LogP contribution in [-0.4, -0.2) is 34.9 Å². The Kier molecular flexibility index (Phi) is 4.07. The molecule has 5 nitrogen and oxygen atoms in total. The number of amides is 1. The lowest BCUT2D eigenvalue weighted by Crippen LogP contribution is -2.27. The van der Waals surface area contributed by atoms with E-state index < -0.39 is 0 Å². The zero-order valence-corrected chi connectivity index (χ0v) is 10.9. The lowest BCUT2D eigenvalue weighted by atomic mass is 10.2. The van der Waals surface area contributed by atoms with Gasteiger partial charge in [0, 0.05) is 26.0 Å². The van der Waals surface area contributed by atoms with Crippen LogP contribution in [0.1, 0.15) is 16.1 Å². The quantitative estimate of drug-likeness (QED) is 0.837. The van der Waals surface area contributed by atoms with Crippen molar-refractivity contribution >= 4 is 5.91 Å². The average Bonchev–Trinajstić information content (AvgIpc) is 2.47. The molecule has 0 aliphatic carbocycles. The molecule has 0 aliphatic rings. The van der Waals surface area contributed by atoms with Crippen LogP contribution in [-0.2, 0) is 6.54 Å². The van der Waals surface area contributed by atoms with Gasteiger partial charge in [0.1, 0.15) is 11.4 Å². The molecule has 0 unspecified atom stereocenters. The number of nitrogens with zero attached hydrogens (tertiary/aromatic N) is 3. The molecule has 0 saturated carbocycles. The van der Waals surface area contributed by atoms with E-state index in [0.29, 0.717) is 12.2 Å². The fourth-order valence-corrected chi connectivity index (χ4v) is 1.72. The number of methoxy groups -OCH3 is 1. The second kappa shape index (κ2) is 5.95. The fraction of sp³-hybridized carbons (Fsp3) is 0.214. The first-order valence-electron chi connectivity index (χ1n) is 5.85. The molecule has 0 N–H and O–H groups in total. The van der Waals surface area contributed by atoms with Crippen LogP contribution in [0.4, 0.5) is 0 Å². The first-order chi connectivity index (χ1) is 9.20. The van der Waals surface area contributed by atoms with Crippen LogP contribution in [0.3, 0.4) is 0 Å². The molecule has 19 heavy (non-hydrogen) atoms. The van der Waals surface area contributed by atoms with Gasteiger partial charge in [-0.15, -0.1) is 0 Å². The summed E-state index contributed by atoms with van der Waals surface area (Å²) in [4.78, 5) is 21.6. The Morgan fingerprint density at radius 2 is 2.21 bits per heavy atom. The van der Waals surface area contributed by atoms with Crippen molar-refractivity contribution in [2.24, 2.45) is 0 Å². The number of hydrogen-bond donors (Lipinski definition) is 0. The molecule has 2 rings (SSSR count). The fourth-order valence-electron chi connectivity index (χ4n) is 1.72. The highest BCUT2D eigenvalue weighted by Crippen LogP contribution is 2.14. The van der Waals surface area contributed by atoms with Crippen LogP contribution in [0.5, 0.6) is 5.75 Å². The lowest BCUT2D eigenvalue weighted by Gasteiger charge is -2.16. The molecule has 0 fully saturated rings. The topological polar surface area (TPSA) is 55.3 Å². The second-order valence-electron chi connectivity index (χ2n) is 4.10. The molecule has 2 aromatic rings. The van der Waals surface area contributed by atoms with Crippen molar-refractivity contribution in [1.82, 2.24) is 14.9 Å². The van der Waals surface area contributed by atoms with Gasteiger partial charge in [-0.2, -0.15) is 0 Å². The van der Waals surface area contributed by atoms with E-state index in [1.54, 1.807) is 25.3 Å². The molecular weight excluding hydrogens is 242 g/mol. The summed E-state index contributed by atoms with van der Waals surface area (Å²) in [6.45, 7) is 0.493. The van der Waals surface area contributed by atoms with Crippen LogP contribution < -0.4 is 4.74 Å². The molecule has 1 aromatic heterocycles. The zero-order chi connectivity index (χ0) is 13.7. The SMILES string of the molecule is COc1cccc(CN(C)C(=O)c2cnccn2)c1. The van der Waals surface area contributed by atoms with Crippen LogP contribution in [0.2, 0.25) is 0 Å². The lowest BCUT2D eigenvalue weighted by molar-refractivity contribution is 0.0778. The number of hydrogen-bond acceptors (Lipinski definition) is 4. The van der Waals surface area contributed by atoms with Gasteiger partial charge in [-0.3, -0.25) is 9.78 Å². The molecule has 0 saturated heterocycles. The number of aromatic nitrogens is 2. The van der Waals surface area contributed by atoms with Gasteiger partial charge >= 0.3 is 0 Å². The number of carbonyl (C=O) groups is 1. The molecule has 1 heterocycles. The first-order valence-corrected chi connectivity index (χ1v) is 5.85. The van der Waals surface area contributed by atoms with E-state index >= 15 is 0 Å². The van der Waals surface area contributed by atoms with Gasteiger partial charge in [-0.1, -0.05) is 12.1 Å². The van der Waals surface area contributed by atoms with Gasteiger partial charge in [0.25, 0.3) is 5.91 Å². The molecule has 0 spiro atoms. The van der Waals surface area contributed by atoms with Gasteiger partial charge in [0.2, 0.25) is 0 Å². The smallest absolute Gasteiger partial charge is 0.274 e. The molecule has 0 bridgehead atoms. The molecule has 0 radical (unpaired) electrons. The molecule has 0 atom stereocenters. The van der Waals surface area contributed by atoms with Crippen molar-refractivity contribution in [2.75, 3.05) is 14.2 Å². The van der Waals surface area contributed by atoms with Crippen LogP contribution >= 0.6 is 0 Å². The van der Waals surface area contributed by atoms with Gasteiger partial charge in [0.05, 0.1) is 13.3 Å². The van der Waals surface area contributed by atoms with E-state index in [4.69, 9.17) is 4.74 Å². The van der Waals surface area contributed by atoms with Gasteiger partial charge in [0.15, 0.2) is 0 Å². The summed E-state index contributed by atoms with van der Waals surface area (Å²) in [5, 5.41) is 0. The number of ether oxygens (including phenoxy) is 1. The van der Waals surface area contributed by atoms with Crippen LogP contribution in [0, 0.1) is 0 Å². The van der Waals surface area contributed by atoms with Gasteiger partial charge < -0.3 is 9.64 Å². The standard InChI is InChI=1S/C14H15N3O2/c1-17(14(18)13-9-15-6-7-16-13)10-11-4-3-5-12(8-11)19-2/h3-9H,10H2,1-2H3. The minimum Gasteiger partial charge on any atom is -0.497 e. The Morgan fingerprint density at radius 1 is 1.37 bits per heavy atom. The highest BCUT2D eigenvalue weighted by molar-refractivity contribution is 5.91. The summed E-state index contributed by atoms with van der Waals surface area (Å²) in [5.74, 6) is 0.619. The molecule has 1 aromatic carbocycles. The van der Waals surface area contributed by atoms with Gasteiger partial charge in [-0.25, -0.2) is 4.98 Å². The van der Waals surface area contributed by atoms with E-state index in [2.05, 4.69) is 9.97 Å². The predicted molar refractivity (Wildman–Crippen MR) is 70.8 cm³/mol. The minimum absolute atomic E-state index is 0.157. The van der Waals surface area contributed by atoms with E-state index in [9.17, 15) is 4.79 Å². The maximum Gasteiger partial charge on any atom is 0.274 e. The van der Waals surface area contributed by atoms with Crippen molar-refractivity contribution in [3.05, 3.63) is 54.1 Å². The molecule has 1 amide bonds. The normalized spacial score (nSPS) is 10.0. The summed E-state index contributed by atoms with van der Waals surface area (Å²) >= 11 is 0. The largest absolute Gasteiger partial charge is 0.497 e. The van der Waals surface area contributed by atoms with E-state index in [1.165, 1.54) is 12.4 Å². The average molecular weight is 257 g/mol. The van der Waals surface area contributed by atoms with E-state index in [0.717, 1.165) is 11.3 Å². The Morgan fingerprint density at radius 3 is 2.89 bits per heavy atom. The summed E-state index contributed by atoms with van der Waals surface area (Å²) in [6, 6.07) is 7.62. The zero-order valence-electron chi connectivity index (χ0n) is 10.9. The molecule has 98 valence electrons. The summed E-state index contributed by atoms with van der Waals surface area (Å²) in [5.41, 5.74) is 1.34.